The first-order chi connectivity index (χ1) is 9.84. The van der Waals surface area contributed by atoms with Gasteiger partial charge in [-0.1, -0.05) is 18.0 Å². The van der Waals surface area contributed by atoms with Crippen molar-refractivity contribution in [2.75, 3.05) is 6.61 Å². The molecular weight excluding hydrogens is 274 g/mol. The molecule has 106 valence electrons. The zero-order valence-corrected chi connectivity index (χ0v) is 12.1. The van der Waals surface area contributed by atoms with Gasteiger partial charge in [0.15, 0.2) is 5.65 Å². The molecule has 1 aliphatic carbocycles. The van der Waals surface area contributed by atoms with Crippen molar-refractivity contribution in [3.8, 4) is 0 Å². The number of hydrogen-bond acceptors (Lipinski definition) is 3. The quantitative estimate of drug-likeness (QED) is 0.838. The third-order valence-electron chi connectivity index (χ3n) is 4.47. The van der Waals surface area contributed by atoms with Gasteiger partial charge in [0.05, 0.1) is 5.02 Å². The Bertz CT molecular complexity index is 629. The van der Waals surface area contributed by atoms with E-state index in [2.05, 4.69) is 9.55 Å². The molecule has 1 unspecified atom stereocenters. The van der Waals surface area contributed by atoms with Crippen molar-refractivity contribution in [1.82, 2.24) is 14.5 Å². The van der Waals surface area contributed by atoms with Crippen molar-refractivity contribution in [2.45, 2.75) is 50.7 Å². The topological polar surface area (TPSA) is 39.9 Å². The van der Waals surface area contributed by atoms with Crippen LogP contribution in [0.25, 0.3) is 11.2 Å². The molecular formula is C15H18ClN3O. The Labute approximate surface area is 123 Å². The van der Waals surface area contributed by atoms with E-state index in [9.17, 15) is 0 Å². The minimum Gasteiger partial charge on any atom is -0.358 e. The van der Waals surface area contributed by atoms with Crippen molar-refractivity contribution in [1.29, 1.82) is 0 Å². The number of pyridine rings is 1. The molecule has 4 rings (SSSR count). The van der Waals surface area contributed by atoms with E-state index >= 15 is 0 Å². The maximum atomic E-state index is 6.29. The number of halogens is 1. The van der Waals surface area contributed by atoms with Gasteiger partial charge in [-0.2, -0.15) is 0 Å². The van der Waals surface area contributed by atoms with Crippen molar-refractivity contribution in [3.05, 3.63) is 23.1 Å². The molecule has 1 aliphatic heterocycles. The van der Waals surface area contributed by atoms with E-state index < -0.39 is 0 Å². The van der Waals surface area contributed by atoms with Crippen LogP contribution in [0.4, 0.5) is 0 Å². The number of imidazole rings is 1. The third kappa shape index (κ3) is 1.93. The molecule has 0 bridgehead atoms. The van der Waals surface area contributed by atoms with Crippen molar-refractivity contribution < 1.29 is 4.74 Å². The molecule has 0 aromatic carbocycles. The molecule has 2 fully saturated rings. The standard InChI is InChI=1S/C15H18ClN3O/c16-11-7-8-17-15-13(11)18-14(10-4-3-5-10)19(15)12-6-1-2-9-20-12/h7-8,10,12H,1-6,9H2. The molecule has 2 aromatic rings. The molecule has 1 saturated carbocycles. The molecule has 4 nitrogen and oxygen atoms in total. The second-order valence-electron chi connectivity index (χ2n) is 5.75. The van der Waals surface area contributed by atoms with Crippen LogP contribution in [0, 0.1) is 0 Å². The highest BCUT2D eigenvalue weighted by molar-refractivity contribution is 6.34. The van der Waals surface area contributed by atoms with E-state index in [0.717, 1.165) is 36.4 Å². The summed E-state index contributed by atoms with van der Waals surface area (Å²) in [5.74, 6) is 1.67. The summed E-state index contributed by atoms with van der Waals surface area (Å²) in [7, 11) is 0. The van der Waals surface area contributed by atoms with E-state index in [1.165, 1.54) is 25.7 Å². The van der Waals surface area contributed by atoms with Gasteiger partial charge in [0.2, 0.25) is 0 Å². The first-order valence-corrected chi connectivity index (χ1v) is 7.86. The van der Waals surface area contributed by atoms with Gasteiger partial charge < -0.3 is 4.74 Å². The zero-order valence-electron chi connectivity index (χ0n) is 11.4. The smallest absolute Gasteiger partial charge is 0.163 e. The fourth-order valence-corrected chi connectivity index (χ4v) is 3.33. The van der Waals surface area contributed by atoms with Crippen molar-refractivity contribution in [2.24, 2.45) is 0 Å². The summed E-state index contributed by atoms with van der Waals surface area (Å²) in [6.45, 7) is 0.828. The fraction of sp³-hybridized carbons (Fsp3) is 0.600. The Hall–Kier alpha value is -1.13. The lowest BCUT2D eigenvalue weighted by atomic mass is 9.84. The second kappa shape index (κ2) is 5.01. The summed E-state index contributed by atoms with van der Waals surface area (Å²) in [5, 5.41) is 0.685. The largest absolute Gasteiger partial charge is 0.358 e. The van der Waals surface area contributed by atoms with E-state index in [1.54, 1.807) is 6.20 Å². The predicted octanol–water partition coefficient (Wildman–Crippen LogP) is 4.05. The molecule has 0 spiro atoms. The molecule has 2 aliphatic rings. The number of aromatic nitrogens is 3. The first-order valence-electron chi connectivity index (χ1n) is 7.48. The lowest BCUT2D eigenvalue weighted by molar-refractivity contribution is -0.0324. The second-order valence-corrected chi connectivity index (χ2v) is 6.16. The molecule has 20 heavy (non-hydrogen) atoms. The normalized spacial score (nSPS) is 23.9. The van der Waals surface area contributed by atoms with E-state index in [4.69, 9.17) is 21.3 Å². The molecule has 1 atom stereocenters. The van der Waals surface area contributed by atoms with Crippen LogP contribution >= 0.6 is 11.6 Å². The van der Waals surface area contributed by atoms with Crippen LogP contribution in [0.1, 0.15) is 56.5 Å². The Morgan fingerprint density at radius 1 is 1.20 bits per heavy atom. The monoisotopic (exact) mass is 291 g/mol. The molecule has 1 saturated heterocycles. The highest BCUT2D eigenvalue weighted by Gasteiger charge is 2.30. The van der Waals surface area contributed by atoms with Gasteiger partial charge in [-0.05, 0) is 38.2 Å². The SMILES string of the molecule is Clc1ccnc2c1nc(C1CCC1)n2C1CCCCO1. The lowest BCUT2D eigenvalue weighted by Crippen LogP contribution is -2.23. The number of fused-ring (bicyclic) bond motifs is 1. The molecule has 0 radical (unpaired) electrons. The van der Waals surface area contributed by atoms with Crippen LogP contribution in [0.3, 0.4) is 0 Å². The van der Waals surface area contributed by atoms with E-state index in [0.29, 0.717) is 10.9 Å². The minimum absolute atomic E-state index is 0.0790. The van der Waals surface area contributed by atoms with Crippen LogP contribution in [0.15, 0.2) is 12.3 Å². The van der Waals surface area contributed by atoms with Crippen LogP contribution < -0.4 is 0 Å². The summed E-state index contributed by atoms with van der Waals surface area (Å²) < 4.78 is 8.18. The van der Waals surface area contributed by atoms with Crippen molar-refractivity contribution in [3.63, 3.8) is 0 Å². The number of ether oxygens (including phenoxy) is 1. The molecule has 5 heteroatoms. The summed E-state index contributed by atoms with van der Waals surface area (Å²) in [4.78, 5) is 9.31. The highest BCUT2D eigenvalue weighted by atomic mass is 35.5. The minimum atomic E-state index is 0.0790. The number of rotatable bonds is 2. The number of nitrogens with zero attached hydrogens (tertiary/aromatic N) is 3. The van der Waals surface area contributed by atoms with Gasteiger partial charge in [0.25, 0.3) is 0 Å². The molecule has 2 aromatic heterocycles. The fourth-order valence-electron chi connectivity index (χ4n) is 3.14. The van der Waals surface area contributed by atoms with Crippen LogP contribution in [-0.4, -0.2) is 21.1 Å². The van der Waals surface area contributed by atoms with Gasteiger partial charge in [-0.15, -0.1) is 0 Å². The summed E-state index contributed by atoms with van der Waals surface area (Å²) in [6.07, 6.45) is 8.96. The zero-order chi connectivity index (χ0) is 13.5. The summed E-state index contributed by atoms with van der Waals surface area (Å²) >= 11 is 6.29. The first kappa shape index (κ1) is 12.6. The van der Waals surface area contributed by atoms with E-state index in [-0.39, 0.29) is 6.23 Å². The van der Waals surface area contributed by atoms with Crippen molar-refractivity contribution >= 4 is 22.8 Å². The maximum Gasteiger partial charge on any atom is 0.163 e. The Kier molecular flexibility index (Phi) is 3.15. The van der Waals surface area contributed by atoms with E-state index in [1.807, 2.05) is 6.07 Å². The average Bonchev–Trinajstić information content (AvgIpc) is 2.78. The number of hydrogen-bond donors (Lipinski definition) is 0. The predicted molar refractivity (Wildman–Crippen MR) is 78.0 cm³/mol. The van der Waals surface area contributed by atoms with Gasteiger partial charge in [-0.25, -0.2) is 9.97 Å². The molecule has 3 heterocycles. The van der Waals surface area contributed by atoms with Gasteiger partial charge >= 0.3 is 0 Å². The van der Waals surface area contributed by atoms with Gasteiger partial charge in [-0.3, -0.25) is 4.57 Å². The Balaban J connectivity index is 1.87. The lowest BCUT2D eigenvalue weighted by Gasteiger charge is -2.30. The highest BCUT2D eigenvalue weighted by Crippen LogP contribution is 2.40. The van der Waals surface area contributed by atoms with Crippen LogP contribution in [0.2, 0.25) is 5.02 Å². The Morgan fingerprint density at radius 3 is 2.80 bits per heavy atom. The molecule has 0 N–H and O–H groups in total. The summed E-state index contributed by atoms with van der Waals surface area (Å²) in [5.41, 5.74) is 1.71. The maximum absolute atomic E-state index is 6.29. The molecule has 0 amide bonds. The van der Waals surface area contributed by atoms with Crippen LogP contribution in [0.5, 0.6) is 0 Å². The Morgan fingerprint density at radius 2 is 2.10 bits per heavy atom. The van der Waals surface area contributed by atoms with Gasteiger partial charge in [0.1, 0.15) is 17.6 Å². The van der Waals surface area contributed by atoms with Crippen LogP contribution in [-0.2, 0) is 4.74 Å². The third-order valence-corrected chi connectivity index (χ3v) is 4.78. The average molecular weight is 292 g/mol. The summed E-state index contributed by atoms with van der Waals surface area (Å²) in [6, 6.07) is 1.81. The van der Waals surface area contributed by atoms with Gasteiger partial charge in [0, 0.05) is 18.7 Å².